The van der Waals surface area contributed by atoms with Gasteiger partial charge in [0.15, 0.2) is 11.6 Å². The third-order valence-corrected chi connectivity index (χ3v) is 8.34. The molecule has 1 aromatic heterocycles. The zero-order chi connectivity index (χ0) is 27.9. The van der Waals surface area contributed by atoms with Gasteiger partial charge in [-0.3, -0.25) is 4.79 Å². The molecule has 2 aromatic carbocycles. The van der Waals surface area contributed by atoms with Crippen LogP contribution in [0.5, 0.6) is 17.2 Å². The summed E-state index contributed by atoms with van der Waals surface area (Å²) in [6, 6.07) is 10.4. The Hall–Kier alpha value is -3.72. The summed E-state index contributed by atoms with van der Waals surface area (Å²) in [6.07, 6.45) is 6.34. The van der Waals surface area contributed by atoms with Crippen molar-refractivity contribution in [2.45, 2.75) is 58.7 Å². The Kier molecular flexibility index (Phi) is 7.08. The Bertz CT molecular complexity index is 1400. The number of halogens is 1. The van der Waals surface area contributed by atoms with E-state index in [0.717, 1.165) is 51.2 Å². The molecule has 0 bridgehead atoms. The summed E-state index contributed by atoms with van der Waals surface area (Å²) in [5.74, 6) is 1.68. The fraction of sp³-hybridized carbons (Fsp3) is 0.452. The maximum absolute atomic E-state index is 14.2. The van der Waals surface area contributed by atoms with Gasteiger partial charge in [0, 0.05) is 37.6 Å². The van der Waals surface area contributed by atoms with Crippen molar-refractivity contribution in [2.75, 3.05) is 31.1 Å². The second-order valence-electron chi connectivity index (χ2n) is 11.5. The largest absolute Gasteiger partial charge is 0.490 e. The van der Waals surface area contributed by atoms with E-state index >= 15 is 0 Å². The number of anilines is 1. The number of amides is 1. The van der Waals surface area contributed by atoms with Gasteiger partial charge in [-0.25, -0.2) is 14.4 Å². The number of benzene rings is 2. The van der Waals surface area contributed by atoms with Crippen molar-refractivity contribution in [1.29, 1.82) is 0 Å². The van der Waals surface area contributed by atoms with E-state index in [1.54, 1.807) is 11.1 Å². The third kappa shape index (κ3) is 4.98. The molecule has 8 nitrogen and oxygen atoms in total. The molecule has 1 N–H and O–H groups in total. The summed E-state index contributed by atoms with van der Waals surface area (Å²) in [6.45, 7) is 9.88. The Labute approximate surface area is 234 Å². The summed E-state index contributed by atoms with van der Waals surface area (Å²) in [5.41, 5.74) is 3.07. The highest BCUT2D eigenvalue weighted by molar-refractivity contribution is 5.97. The molecule has 210 valence electrons. The van der Waals surface area contributed by atoms with Crippen LogP contribution in [0.3, 0.4) is 0 Å². The molecule has 9 heteroatoms. The van der Waals surface area contributed by atoms with Crippen LogP contribution in [0.4, 0.5) is 10.2 Å². The van der Waals surface area contributed by atoms with Crippen LogP contribution in [0.1, 0.15) is 55.1 Å². The number of rotatable bonds is 8. The van der Waals surface area contributed by atoms with Crippen molar-refractivity contribution in [3.8, 4) is 17.2 Å². The number of carbonyl (C=O) groups excluding carboxylic acids is 1. The van der Waals surface area contributed by atoms with Crippen LogP contribution >= 0.6 is 0 Å². The molecule has 3 heterocycles. The average Bonchev–Trinajstić information content (AvgIpc) is 2.91. The van der Waals surface area contributed by atoms with Crippen LogP contribution in [0.25, 0.3) is 0 Å². The van der Waals surface area contributed by atoms with Gasteiger partial charge in [-0.1, -0.05) is 12.1 Å². The maximum atomic E-state index is 14.2. The SMILES string of the molecule is CCN(C(=O)c1cc(F)ccc1Oc1cncnc1N1CC2(CC(Oc3cccc4c3CCNC4)C2)C1)C(C)C. The van der Waals surface area contributed by atoms with E-state index in [1.165, 1.54) is 35.7 Å². The summed E-state index contributed by atoms with van der Waals surface area (Å²) in [5, 5.41) is 3.43. The minimum atomic E-state index is -0.487. The van der Waals surface area contributed by atoms with Crippen LogP contribution < -0.4 is 19.7 Å². The predicted octanol–water partition coefficient (Wildman–Crippen LogP) is 4.97. The lowest BCUT2D eigenvalue weighted by molar-refractivity contribution is -0.0349. The first-order valence-electron chi connectivity index (χ1n) is 14.2. The monoisotopic (exact) mass is 545 g/mol. The highest BCUT2D eigenvalue weighted by Gasteiger charge is 2.54. The second kappa shape index (κ2) is 10.7. The highest BCUT2D eigenvalue weighted by Crippen LogP contribution is 2.52. The van der Waals surface area contributed by atoms with Gasteiger partial charge in [0.2, 0.25) is 0 Å². The third-order valence-electron chi connectivity index (χ3n) is 8.34. The number of nitrogens with one attached hydrogen (secondary N) is 1. The second-order valence-corrected chi connectivity index (χ2v) is 11.5. The number of ether oxygens (including phenoxy) is 2. The quantitative estimate of drug-likeness (QED) is 0.428. The summed E-state index contributed by atoms with van der Waals surface area (Å²) < 4.78 is 26.9. The van der Waals surface area contributed by atoms with Crippen LogP contribution in [-0.2, 0) is 13.0 Å². The topological polar surface area (TPSA) is 79.8 Å². The first-order chi connectivity index (χ1) is 19.4. The standard InChI is InChI=1S/C31H36FN5O3/c1-4-37(20(2)3)30(38)25-12-22(32)8-9-27(25)40-28-16-34-19-35-29(28)36-17-31(18-36)13-23(14-31)39-26-7-5-6-21-15-33-11-10-24(21)26/h5-9,12,16,19-20,23,33H,4,10-11,13-15,17-18H2,1-3H3. The molecule has 0 atom stereocenters. The number of fused-ring (bicyclic) bond motifs is 1. The van der Waals surface area contributed by atoms with Crippen LogP contribution in [0, 0.1) is 11.2 Å². The molecule has 2 aliphatic heterocycles. The van der Waals surface area contributed by atoms with Gasteiger partial charge in [-0.2, -0.15) is 0 Å². The van der Waals surface area contributed by atoms with E-state index in [4.69, 9.17) is 9.47 Å². The van der Waals surface area contributed by atoms with E-state index in [1.807, 2.05) is 20.8 Å². The van der Waals surface area contributed by atoms with Crippen LogP contribution in [-0.4, -0.2) is 59.1 Å². The maximum Gasteiger partial charge on any atom is 0.257 e. The molecular weight excluding hydrogens is 509 g/mol. The van der Waals surface area contributed by atoms with Crippen LogP contribution in [0.2, 0.25) is 0 Å². The molecule has 1 spiro atoms. The van der Waals surface area contributed by atoms with Crippen molar-refractivity contribution in [3.63, 3.8) is 0 Å². The Morgan fingerprint density at radius 2 is 2.02 bits per heavy atom. The number of carbonyl (C=O) groups is 1. The zero-order valence-electron chi connectivity index (χ0n) is 23.3. The first-order valence-corrected chi connectivity index (χ1v) is 14.2. The van der Waals surface area contributed by atoms with Crippen molar-refractivity contribution in [3.05, 3.63) is 71.4 Å². The fourth-order valence-corrected chi connectivity index (χ4v) is 6.34. The molecule has 1 amide bonds. The first kappa shape index (κ1) is 26.5. The predicted molar refractivity (Wildman–Crippen MR) is 151 cm³/mol. The Morgan fingerprint density at radius 1 is 1.20 bits per heavy atom. The number of hydrogen-bond acceptors (Lipinski definition) is 7. The van der Waals surface area contributed by atoms with Crippen LogP contribution in [0.15, 0.2) is 48.9 Å². The molecule has 1 saturated heterocycles. The fourth-order valence-electron chi connectivity index (χ4n) is 6.34. The smallest absolute Gasteiger partial charge is 0.257 e. The number of nitrogens with zero attached hydrogens (tertiary/aromatic N) is 4. The lowest BCUT2D eigenvalue weighted by Gasteiger charge is -2.59. The summed E-state index contributed by atoms with van der Waals surface area (Å²) in [7, 11) is 0. The lowest BCUT2D eigenvalue weighted by atomic mass is 9.61. The molecule has 3 aliphatic rings. The van der Waals surface area contributed by atoms with Gasteiger partial charge < -0.3 is 24.6 Å². The summed E-state index contributed by atoms with van der Waals surface area (Å²) >= 11 is 0. The van der Waals surface area contributed by atoms with E-state index < -0.39 is 5.82 Å². The van der Waals surface area contributed by atoms with Gasteiger partial charge >= 0.3 is 0 Å². The Balaban J connectivity index is 1.13. The Morgan fingerprint density at radius 3 is 2.80 bits per heavy atom. The molecule has 1 aliphatic carbocycles. The van der Waals surface area contributed by atoms with Crippen molar-refractivity contribution < 1.29 is 18.7 Å². The van der Waals surface area contributed by atoms with Gasteiger partial charge in [0.1, 0.15) is 29.7 Å². The molecule has 0 radical (unpaired) electrons. The molecule has 2 fully saturated rings. The molecule has 40 heavy (non-hydrogen) atoms. The van der Waals surface area contributed by atoms with Gasteiger partial charge in [-0.15, -0.1) is 0 Å². The minimum Gasteiger partial charge on any atom is -0.490 e. The molecular formula is C31H36FN5O3. The van der Waals surface area contributed by atoms with E-state index in [9.17, 15) is 9.18 Å². The van der Waals surface area contributed by atoms with E-state index in [2.05, 4.69) is 38.4 Å². The minimum absolute atomic E-state index is 0.0267. The normalized spacial score (nSPS) is 17.7. The number of aromatic nitrogens is 2. The van der Waals surface area contributed by atoms with Gasteiger partial charge in [0.25, 0.3) is 5.91 Å². The van der Waals surface area contributed by atoms with Gasteiger partial charge in [0.05, 0.1) is 11.8 Å². The summed E-state index contributed by atoms with van der Waals surface area (Å²) in [4.78, 5) is 25.8. The highest BCUT2D eigenvalue weighted by atomic mass is 19.1. The van der Waals surface area contributed by atoms with E-state index in [-0.39, 0.29) is 34.8 Å². The van der Waals surface area contributed by atoms with Crippen molar-refractivity contribution in [2.24, 2.45) is 5.41 Å². The van der Waals surface area contributed by atoms with Crippen molar-refractivity contribution >= 4 is 11.7 Å². The number of hydrogen-bond donors (Lipinski definition) is 1. The molecule has 6 rings (SSSR count). The average molecular weight is 546 g/mol. The van der Waals surface area contributed by atoms with E-state index in [0.29, 0.717) is 18.1 Å². The molecule has 1 saturated carbocycles. The zero-order valence-corrected chi connectivity index (χ0v) is 23.3. The van der Waals surface area contributed by atoms with Gasteiger partial charge in [-0.05, 0) is 82.0 Å². The molecule has 3 aromatic rings. The lowest BCUT2D eigenvalue weighted by Crippen LogP contribution is -2.65. The molecule has 0 unspecified atom stereocenters. The van der Waals surface area contributed by atoms with Crippen molar-refractivity contribution in [1.82, 2.24) is 20.2 Å².